The fourth-order valence-electron chi connectivity index (χ4n) is 1.32. The summed E-state index contributed by atoms with van der Waals surface area (Å²) in [5.74, 6) is 1.46. The predicted octanol–water partition coefficient (Wildman–Crippen LogP) is 3.77. The molecule has 0 atom stereocenters. The third-order valence-electron chi connectivity index (χ3n) is 2.13. The monoisotopic (exact) mass is 304 g/mol. The van der Waals surface area contributed by atoms with E-state index < -0.39 is 0 Å². The van der Waals surface area contributed by atoms with E-state index in [2.05, 4.69) is 0 Å². The summed E-state index contributed by atoms with van der Waals surface area (Å²) in [6.07, 6.45) is -0.217. The van der Waals surface area contributed by atoms with E-state index in [1.54, 1.807) is 7.11 Å². The van der Waals surface area contributed by atoms with Crippen molar-refractivity contribution in [3.63, 3.8) is 0 Å². The first-order chi connectivity index (χ1) is 9.30. The third kappa shape index (κ3) is 7.08. The van der Waals surface area contributed by atoms with E-state index in [9.17, 15) is 0 Å². The van der Waals surface area contributed by atoms with Gasteiger partial charge in [0.1, 0.15) is 5.75 Å². The van der Waals surface area contributed by atoms with Gasteiger partial charge >= 0.3 is 0 Å². The molecule has 0 aliphatic rings. The molecule has 0 unspecified atom stereocenters. The Morgan fingerprint density at radius 2 is 1.89 bits per heavy atom. The van der Waals surface area contributed by atoms with Crippen LogP contribution in [0, 0.1) is 0 Å². The lowest BCUT2D eigenvalue weighted by atomic mass is 10.3. The smallest absolute Gasteiger partial charge is 0.168 e. The molecule has 0 aromatic heterocycles. The quantitative estimate of drug-likeness (QED) is 0.372. The molecule has 4 nitrogen and oxygen atoms in total. The Kier molecular flexibility index (Phi) is 9.11. The lowest BCUT2D eigenvalue weighted by Crippen LogP contribution is -2.19. The van der Waals surface area contributed by atoms with E-state index in [-0.39, 0.29) is 6.29 Å². The molecule has 0 fully saturated rings. The van der Waals surface area contributed by atoms with Crippen LogP contribution < -0.4 is 4.74 Å². The first kappa shape index (κ1) is 16.7. The molecular weight excluding hydrogens is 284 g/mol. The second kappa shape index (κ2) is 10.4. The van der Waals surface area contributed by atoms with Gasteiger partial charge < -0.3 is 14.2 Å². The molecule has 0 aliphatic heterocycles. The maximum Gasteiger partial charge on any atom is 0.168 e. The zero-order valence-corrected chi connectivity index (χ0v) is 13.1. The zero-order chi connectivity index (χ0) is 13.9. The lowest BCUT2D eigenvalue weighted by Gasteiger charge is -2.15. The number of rotatable bonds is 10. The highest BCUT2D eigenvalue weighted by atomic mass is 32.2. The maximum absolute atomic E-state index is 5.46. The molecule has 0 N–H and O–H groups in total. The third-order valence-corrected chi connectivity index (χ3v) is 3.64. The fourth-order valence-corrected chi connectivity index (χ4v) is 2.65. The molecule has 1 aromatic carbocycles. The van der Waals surface area contributed by atoms with Gasteiger partial charge in [0.2, 0.25) is 0 Å². The Bertz CT molecular complexity index is 343. The van der Waals surface area contributed by atoms with Crippen LogP contribution in [0.3, 0.4) is 0 Å². The largest absolute Gasteiger partial charge is 0.497 e. The van der Waals surface area contributed by atoms with Crippen LogP contribution in [-0.2, 0) is 13.1 Å². The van der Waals surface area contributed by atoms with Crippen molar-refractivity contribution in [3.05, 3.63) is 24.3 Å². The highest BCUT2D eigenvalue weighted by Crippen LogP contribution is 2.27. The van der Waals surface area contributed by atoms with E-state index in [1.165, 1.54) is 24.1 Å². The summed E-state index contributed by atoms with van der Waals surface area (Å²) in [6.45, 7) is 5.16. The van der Waals surface area contributed by atoms with E-state index in [1.807, 2.05) is 38.1 Å². The van der Waals surface area contributed by atoms with Gasteiger partial charge in [0.05, 0.1) is 12.9 Å². The zero-order valence-electron chi connectivity index (χ0n) is 11.5. The summed E-state index contributed by atoms with van der Waals surface area (Å²) < 4.78 is 21.4. The van der Waals surface area contributed by atoms with Gasteiger partial charge in [0.25, 0.3) is 0 Å². The van der Waals surface area contributed by atoms with Crippen LogP contribution in [0.25, 0.3) is 0 Å². The van der Waals surface area contributed by atoms with Gasteiger partial charge in [0, 0.05) is 42.2 Å². The van der Waals surface area contributed by atoms with Crippen molar-refractivity contribution in [3.8, 4) is 5.75 Å². The normalized spacial score (nSPS) is 10.9. The SMILES string of the molecule is CCOC(CSOSc1cccc(OC)c1)OCC. The van der Waals surface area contributed by atoms with E-state index in [0.717, 1.165) is 10.6 Å². The van der Waals surface area contributed by atoms with Crippen LogP contribution in [0.15, 0.2) is 29.2 Å². The molecule has 0 saturated carbocycles. The van der Waals surface area contributed by atoms with Crippen molar-refractivity contribution in [2.45, 2.75) is 25.0 Å². The Labute approximate surface area is 123 Å². The van der Waals surface area contributed by atoms with Gasteiger partial charge in [-0.3, -0.25) is 0 Å². The minimum atomic E-state index is -0.217. The van der Waals surface area contributed by atoms with Gasteiger partial charge in [-0.25, -0.2) is 3.63 Å². The van der Waals surface area contributed by atoms with Crippen molar-refractivity contribution < 1.29 is 17.8 Å². The van der Waals surface area contributed by atoms with Crippen LogP contribution >= 0.6 is 24.1 Å². The highest BCUT2D eigenvalue weighted by molar-refractivity contribution is 8.07. The molecule has 19 heavy (non-hydrogen) atoms. The summed E-state index contributed by atoms with van der Waals surface area (Å²) in [5.41, 5.74) is 0. The topological polar surface area (TPSA) is 36.9 Å². The minimum absolute atomic E-state index is 0.217. The van der Waals surface area contributed by atoms with Gasteiger partial charge in [-0.1, -0.05) is 6.07 Å². The molecular formula is C13H20O4S2. The average Bonchev–Trinajstić information content (AvgIpc) is 2.44. The average molecular weight is 304 g/mol. The number of benzene rings is 1. The van der Waals surface area contributed by atoms with Crippen molar-refractivity contribution >= 4 is 24.1 Å². The molecule has 0 aliphatic carbocycles. The lowest BCUT2D eigenvalue weighted by molar-refractivity contribution is -0.120. The number of hydrogen-bond donors (Lipinski definition) is 0. The minimum Gasteiger partial charge on any atom is -0.497 e. The molecule has 0 radical (unpaired) electrons. The molecule has 0 saturated heterocycles. The second-order valence-corrected chi connectivity index (χ2v) is 5.21. The highest BCUT2D eigenvalue weighted by Gasteiger charge is 2.08. The number of methoxy groups -OCH3 is 1. The van der Waals surface area contributed by atoms with Crippen molar-refractivity contribution in [1.29, 1.82) is 0 Å². The van der Waals surface area contributed by atoms with Crippen molar-refractivity contribution in [2.24, 2.45) is 0 Å². The van der Waals surface area contributed by atoms with Gasteiger partial charge in [0.15, 0.2) is 6.29 Å². The maximum atomic E-state index is 5.46. The molecule has 0 amide bonds. The molecule has 0 bridgehead atoms. The summed E-state index contributed by atoms with van der Waals surface area (Å²) >= 11 is 2.62. The van der Waals surface area contributed by atoms with Gasteiger partial charge in [-0.2, -0.15) is 0 Å². The second-order valence-electron chi connectivity index (χ2n) is 3.46. The Hall–Kier alpha value is -0.400. The molecule has 1 aromatic rings. The van der Waals surface area contributed by atoms with E-state index in [0.29, 0.717) is 19.0 Å². The summed E-state index contributed by atoms with van der Waals surface area (Å²) in [5, 5.41) is 0. The summed E-state index contributed by atoms with van der Waals surface area (Å²) in [6, 6.07) is 7.72. The van der Waals surface area contributed by atoms with Crippen LogP contribution in [-0.4, -0.2) is 32.4 Å². The standard InChI is InChI=1S/C13H20O4S2/c1-4-15-13(16-5-2)10-18-17-19-12-8-6-7-11(9-12)14-3/h6-9,13H,4-5,10H2,1-3H3. The van der Waals surface area contributed by atoms with Crippen molar-refractivity contribution in [1.82, 2.24) is 0 Å². The van der Waals surface area contributed by atoms with E-state index >= 15 is 0 Å². The molecule has 1 rings (SSSR count). The first-order valence-electron chi connectivity index (χ1n) is 6.13. The summed E-state index contributed by atoms with van der Waals surface area (Å²) in [7, 11) is 1.65. The van der Waals surface area contributed by atoms with Crippen molar-refractivity contribution in [2.75, 3.05) is 26.1 Å². The Balaban J connectivity index is 2.25. The predicted molar refractivity (Wildman–Crippen MR) is 79.4 cm³/mol. The Morgan fingerprint density at radius 1 is 1.16 bits per heavy atom. The fraction of sp³-hybridized carbons (Fsp3) is 0.538. The van der Waals surface area contributed by atoms with Crippen LogP contribution in [0.4, 0.5) is 0 Å². The van der Waals surface area contributed by atoms with Crippen LogP contribution in [0.1, 0.15) is 13.8 Å². The van der Waals surface area contributed by atoms with E-state index in [4.69, 9.17) is 17.8 Å². The van der Waals surface area contributed by atoms with Gasteiger partial charge in [-0.15, -0.1) is 0 Å². The van der Waals surface area contributed by atoms with Crippen LogP contribution in [0.5, 0.6) is 5.75 Å². The Morgan fingerprint density at radius 3 is 2.53 bits per heavy atom. The molecule has 6 heteroatoms. The number of hydrogen-bond acceptors (Lipinski definition) is 6. The number of ether oxygens (including phenoxy) is 3. The molecule has 108 valence electrons. The molecule has 0 heterocycles. The summed E-state index contributed by atoms with van der Waals surface area (Å²) in [4.78, 5) is 0.996. The van der Waals surface area contributed by atoms with Crippen LogP contribution in [0.2, 0.25) is 0 Å². The van der Waals surface area contributed by atoms with Gasteiger partial charge in [-0.05, 0) is 32.0 Å². The first-order valence-corrected chi connectivity index (χ1v) is 7.78. The molecule has 0 spiro atoms.